The fourth-order valence-electron chi connectivity index (χ4n) is 1.80. The predicted octanol–water partition coefficient (Wildman–Crippen LogP) is 0.950. The molecule has 1 aromatic carbocycles. The second-order valence-electron chi connectivity index (χ2n) is 4.08. The number of nitrogens with zero attached hydrogens (tertiary/aromatic N) is 2. The average Bonchev–Trinajstić information content (AvgIpc) is 2.61. The molecule has 92 valence electrons. The molecule has 0 aliphatic rings. The van der Waals surface area contributed by atoms with Crippen molar-refractivity contribution in [1.29, 1.82) is 0 Å². The van der Waals surface area contributed by atoms with Gasteiger partial charge in [0.25, 0.3) is 0 Å². The molecule has 5 heteroatoms. The zero-order chi connectivity index (χ0) is 12.4. The van der Waals surface area contributed by atoms with E-state index in [2.05, 4.69) is 0 Å². The molecule has 0 aliphatic heterocycles. The van der Waals surface area contributed by atoms with E-state index in [1.54, 1.807) is 7.05 Å². The molecule has 0 fully saturated rings. The van der Waals surface area contributed by atoms with Crippen LogP contribution in [0.3, 0.4) is 0 Å². The molecule has 0 saturated heterocycles. The lowest BCUT2D eigenvalue weighted by Gasteiger charge is -2.18. The number of hydrogen-bond donors (Lipinski definition) is 1. The lowest BCUT2D eigenvalue weighted by Crippen LogP contribution is -2.19. The van der Waals surface area contributed by atoms with Gasteiger partial charge in [-0.25, -0.2) is 4.79 Å². The van der Waals surface area contributed by atoms with Crippen LogP contribution in [0, 0.1) is 0 Å². The normalized spacial score (nSPS) is 11.0. The van der Waals surface area contributed by atoms with Crippen LogP contribution in [-0.2, 0) is 7.05 Å². The van der Waals surface area contributed by atoms with E-state index in [1.165, 1.54) is 4.57 Å². The Morgan fingerprint density at radius 3 is 2.94 bits per heavy atom. The second-order valence-corrected chi connectivity index (χ2v) is 4.08. The first-order valence-corrected chi connectivity index (χ1v) is 5.55. The van der Waals surface area contributed by atoms with E-state index in [4.69, 9.17) is 9.52 Å². The van der Waals surface area contributed by atoms with Crippen molar-refractivity contribution in [2.75, 3.05) is 25.1 Å². The van der Waals surface area contributed by atoms with Crippen molar-refractivity contribution in [3.05, 3.63) is 28.7 Å². The molecule has 0 amide bonds. The highest BCUT2D eigenvalue weighted by Gasteiger charge is 2.08. The summed E-state index contributed by atoms with van der Waals surface area (Å²) in [5.41, 5.74) is 2.35. The highest BCUT2D eigenvalue weighted by Crippen LogP contribution is 2.20. The van der Waals surface area contributed by atoms with Crippen molar-refractivity contribution in [2.45, 2.75) is 6.42 Å². The van der Waals surface area contributed by atoms with Crippen LogP contribution < -0.4 is 10.7 Å². The molecule has 1 aromatic heterocycles. The summed E-state index contributed by atoms with van der Waals surface area (Å²) in [5.74, 6) is -0.352. The van der Waals surface area contributed by atoms with Crippen LogP contribution in [0.2, 0.25) is 0 Å². The standard InChI is InChI=1S/C12H16N2O3/c1-13(6-3-7-15)9-4-5-10-11(8-9)17-12(16)14(10)2/h4-5,8,15H,3,6-7H2,1-2H3. The minimum absolute atomic E-state index is 0.174. The summed E-state index contributed by atoms with van der Waals surface area (Å²) in [4.78, 5) is 13.4. The maximum atomic E-state index is 11.3. The number of aryl methyl sites for hydroxylation is 1. The minimum Gasteiger partial charge on any atom is -0.408 e. The Balaban J connectivity index is 2.34. The second kappa shape index (κ2) is 4.63. The van der Waals surface area contributed by atoms with Crippen LogP contribution in [0.15, 0.2) is 27.4 Å². The van der Waals surface area contributed by atoms with Crippen LogP contribution in [0.4, 0.5) is 5.69 Å². The lowest BCUT2D eigenvalue weighted by atomic mass is 10.2. The van der Waals surface area contributed by atoms with E-state index in [0.29, 0.717) is 12.0 Å². The summed E-state index contributed by atoms with van der Waals surface area (Å²) in [6.45, 7) is 0.937. The third-order valence-corrected chi connectivity index (χ3v) is 2.87. The zero-order valence-electron chi connectivity index (χ0n) is 10.0. The number of aliphatic hydroxyl groups excluding tert-OH is 1. The Labute approximate surface area is 98.9 Å². The van der Waals surface area contributed by atoms with E-state index in [9.17, 15) is 4.79 Å². The molecule has 0 saturated carbocycles. The van der Waals surface area contributed by atoms with E-state index >= 15 is 0 Å². The van der Waals surface area contributed by atoms with Gasteiger partial charge in [-0.3, -0.25) is 4.57 Å². The van der Waals surface area contributed by atoms with Gasteiger partial charge >= 0.3 is 5.76 Å². The minimum atomic E-state index is -0.352. The molecule has 0 atom stereocenters. The molecule has 0 unspecified atom stereocenters. The predicted molar refractivity (Wildman–Crippen MR) is 66.4 cm³/mol. The summed E-state index contributed by atoms with van der Waals surface area (Å²) in [7, 11) is 3.63. The van der Waals surface area contributed by atoms with Gasteiger partial charge in [0.1, 0.15) is 0 Å². The van der Waals surface area contributed by atoms with Gasteiger partial charge < -0.3 is 14.4 Å². The number of anilines is 1. The monoisotopic (exact) mass is 236 g/mol. The van der Waals surface area contributed by atoms with Crippen molar-refractivity contribution in [2.24, 2.45) is 7.05 Å². The summed E-state index contributed by atoms with van der Waals surface area (Å²) in [6, 6.07) is 5.65. The Kier molecular flexibility index (Phi) is 3.19. The van der Waals surface area contributed by atoms with Crippen LogP contribution in [0.1, 0.15) is 6.42 Å². The maximum Gasteiger partial charge on any atom is 0.419 e. The molecule has 0 spiro atoms. The molecule has 17 heavy (non-hydrogen) atoms. The molecule has 5 nitrogen and oxygen atoms in total. The first kappa shape index (κ1) is 11.7. The van der Waals surface area contributed by atoms with Crippen molar-refractivity contribution < 1.29 is 9.52 Å². The number of aliphatic hydroxyl groups is 1. The molecule has 1 N–H and O–H groups in total. The number of benzene rings is 1. The number of aromatic nitrogens is 1. The first-order valence-electron chi connectivity index (χ1n) is 5.55. The van der Waals surface area contributed by atoms with Gasteiger partial charge in [0.2, 0.25) is 0 Å². The van der Waals surface area contributed by atoms with Gasteiger partial charge in [0.15, 0.2) is 5.58 Å². The van der Waals surface area contributed by atoms with Crippen LogP contribution >= 0.6 is 0 Å². The van der Waals surface area contributed by atoms with Gasteiger partial charge in [-0.15, -0.1) is 0 Å². The Morgan fingerprint density at radius 1 is 1.47 bits per heavy atom. The Hall–Kier alpha value is -1.75. The van der Waals surface area contributed by atoms with Crippen LogP contribution in [0.25, 0.3) is 11.1 Å². The van der Waals surface area contributed by atoms with E-state index in [0.717, 1.165) is 17.7 Å². The van der Waals surface area contributed by atoms with E-state index in [-0.39, 0.29) is 12.4 Å². The van der Waals surface area contributed by atoms with Crippen molar-refractivity contribution in [1.82, 2.24) is 4.57 Å². The Bertz CT molecular complexity index is 571. The fraction of sp³-hybridized carbons (Fsp3) is 0.417. The van der Waals surface area contributed by atoms with Gasteiger partial charge in [-0.1, -0.05) is 0 Å². The third kappa shape index (κ3) is 2.19. The van der Waals surface area contributed by atoms with E-state index < -0.39 is 0 Å². The highest BCUT2D eigenvalue weighted by molar-refractivity contribution is 5.77. The van der Waals surface area contributed by atoms with Gasteiger partial charge in [-0.2, -0.15) is 0 Å². The number of rotatable bonds is 4. The molecule has 2 rings (SSSR count). The SMILES string of the molecule is CN(CCCO)c1ccc2c(c1)oc(=O)n2C. The number of oxazole rings is 1. The third-order valence-electron chi connectivity index (χ3n) is 2.87. The van der Waals surface area contributed by atoms with Crippen molar-refractivity contribution in [3.8, 4) is 0 Å². The Morgan fingerprint density at radius 2 is 2.24 bits per heavy atom. The zero-order valence-corrected chi connectivity index (χ0v) is 10.0. The average molecular weight is 236 g/mol. The lowest BCUT2D eigenvalue weighted by molar-refractivity contribution is 0.290. The molecule has 1 heterocycles. The number of hydrogen-bond acceptors (Lipinski definition) is 4. The molecular formula is C12H16N2O3. The highest BCUT2D eigenvalue weighted by atomic mass is 16.4. The largest absolute Gasteiger partial charge is 0.419 e. The van der Waals surface area contributed by atoms with Gasteiger partial charge in [-0.05, 0) is 18.6 Å². The summed E-state index contributed by atoms with van der Waals surface area (Å²) < 4.78 is 6.60. The molecule has 2 aromatic rings. The smallest absolute Gasteiger partial charge is 0.408 e. The van der Waals surface area contributed by atoms with Crippen molar-refractivity contribution in [3.63, 3.8) is 0 Å². The molecule has 0 aliphatic carbocycles. The van der Waals surface area contributed by atoms with Crippen LogP contribution in [-0.4, -0.2) is 29.9 Å². The summed E-state index contributed by atoms with van der Waals surface area (Å²) in [5, 5.41) is 8.78. The van der Waals surface area contributed by atoms with Crippen molar-refractivity contribution >= 4 is 16.8 Å². The van der Waals surface area contributed by atoms with Gasteiger partial charge in [0.05, 0.1) is 5.52 Å². The summed E-state index contributed by atoms with van der Waals surface area (Å²) in [6.07, 6.45) is 0.716. The van der Waals surface area contributed by atoms with Crippen LogP contribution in [0.5, 0.6) is 0 Å². The molecule has 0 radical (unpaired) electrons. The number of fused-ring (bicyclic) bond motifs is 1. The van der Waals surface area contributed by atoms with E-state index in [1.807, 2.05) is 30.1 Å². The first-order chi connectivity index (χ1) is 8.13. The molecular weight excluding hydrogens is 220 g/mol. The quantitative estimate of drug-likeness (QED) is 0.858. The summed E-state index contributed by atoms with van der Waals surface area (Å²) >= 11 is 0. The van der Waals surface area contributed by atoms with Gasteiger partial charge in [0, 0.05) is 39.0 Å². The maximum absolute atomic E-state index is 11.3. The topological polar surface area (TPSA) is 58.6 Å². The fourth-order valence-corrected chi connectivity index (χ4v) is 1.80. The molecule has 0 bridgehead atoms.